The van der Waals surface area contributed by atoms with Crippen LogP contribution >= 0.6 is 0 Å². The van der Waals surface area contributed by atoms with Gasteiger partial charge in [-0.1, -0.05) is 6.07 Å². The van der Waals surface area contributed by atoms with E-state index in [0.717, 1.165) is 42.0 Å². The van der Waals surface area contributed by atoms with E-state index in [1.807, 2.05) is 49.4 Å². The molecule has 0 spiro atoms. The quantitative estimate of drug-likeness (QED) is 0.710. The van der Waals surface area contributed by atoms with Gasteiger partial charge in [0.15, 0.2) is 6.61 Å². The number of aliphatic imine (C=N–C) groups is 1. The van der Waals surface area contributed by atoms with Crippen LogP contribution in [0.2, 0.25) is 0 Å². The van der Waals surface area contributed by atoms with Crippen molar-refractivity contribution in [3.63, 3.8) is 0 Å². The van der Waals surface area contributed by atoms with Crippen molar-refractivity contribution >= 4 is 17.8 Å². The van der Waals surface area contributed by atoms with Gasteiger partial charge in [-0.05, 0) is 67.3 Å². The summed E-state index contributed by atoms with van der Waals surface area (Å²) in [7, 11) is 1.63. The minimum absolute atomic E-state index is 0.0132. The minimum atomic E-state index is -0.146. The second kappa shape index (κ2) is 9.90. The summed E-state index contributed by atoms with van der Waals surface area (Å²) in [5.74, 6) is 1.22. The highest BCUT2D eigenvalue weighted by Gasteiger charge is 2.16. The van der Waals surface area contributed by atoms with Crippen LogP contribution in [0.4, 0.5) is 5.69 Å². The fraction of sp³-hybridized carbons (Fsp3) is 0.364. The number of rotatable bonds is 8. The monoisotopic (exact) mass is 382 g/mol. The number of benzene rings is 2. The van der Waals surface area contributed by atoms with Crippen molar-refractivity contribution in [1.29, 1.82) is 0 Å². The third-order valence-electron chi connectivity index (χ3n) is 4.49. The van der Waals surface area contributed by atoms with Crippen molar-refractivity contribution in [1.82, 2.24) is 5.32 Å². The first-order chi connectivity index (χ1) is 13.6. The Morgan fingerprint density at radius 1 is 1.29 bits per heavy atom. The van der Waals surface area contributed by atoms with E-state index in [2.05, 4.69) is 10.3 Å². The average molecular weight is 382 g/mol. The molecule has 1 amide bonds. The molecule has 1 fully saturated rings. The lowest BCUT2D eigenvalue weighted by Gasteiger charge is -2.11. The smallest absolute Gasteiger partial charge is 0.258 e. The Morgan fingerprint density at radius 2 is 2.11 bits per heavy atom. The number of carbonyl (C=O) groups excluding carboxylic acids is 1. The van der Waals surface area contributed by atoms with Crippen molar-refractivity contribution in [3.8, 4) is 11.5 Å². The number of ether oxygens (including phenoxy) is 3. The predicted molar refractivity (Wildman–Crippen MR) is 109 cm³/mol. The van der Waals surface area contributed by atoms with Gasteiger partial charge < -0.3 is 19.5 Å². The zero-order chi connectivity index (χ0) is 19.8. The Morgan fingerprint density at radius 3 is 2.82 bits per heavy atom. The van der Waals surface area contributed by atoms with Crippen LogP contribution in [0.5, 0.6) is 11.5 Å². The lowest BCUT2D eigenvalue weighted by Crippen LogP contribution is -2.35. The third kappa shape index (κ3) is 5.82. The van der Waals surface area contributed by atoms with Crippen molar-refractivity contribution in [2.24, 2.45) is 4.99 Å². The Hall–Kier alpha value is -2.86. The largest absolute Gasteiger partial charge is 0.494 e. The van der Waals surface area contributed by atoms with Gasteiger partial charge in [-0.2, -0.15) is 0 Å². The highest BCUT2D eigenvalue weighted by atomic mass is 16.5. The number of nitrogens with one attached hydrogen (secondary N) is 1. The van der Waals surface area contributed by atoms with Gasteiger partial charge in [0.1, 0.15) is 17.2 Å². The molecule has 0 radical (unpaired) electrons. The first kappa shape index (κ1) is 19.9. The summed E-state index contributed by atoms with van der Waals surface area (Å²) >= 11 is 0. The second-order valence-corrected chi connectivity index (χ2v) is 6.73. The molecular weight excluding hydrogens is 356 g/mol. The average Bonchev–Trinajstić information content (AvgIpc) is 3.24. The lowest BCUT2D eigenvalue weighted by molar-refractivity contribution is -0.123. The number of aryl methyl sites for hydroxylation is 1. The Balaban J connectivity index is 1.49. The molecule has 0 saturated carbocycles. The first-order valence-corrected chi connectivity index (χ1v) is 9.44. The van der Waals surface area contributed by atoms with Crippen LogP contribution in [-0.2, 0) is 9.53 Å². The third-order valence-corrected chi connectivity index (χ3v) is 4.49. The molecule has 1 N–H and O–H groups in total. The maximum Gasteiger partial charge on any atom is 0.258 e. The first-order valence-electron chi connectivity index (χ1n) is 9.44. The molecule has 148 valence electrons. The van der Waals surface area contributed by atoms with Gasteiger partial charge in [0.25, 0.3) is 5.91 Å². The van der Waals surface area contributed by atoms with Crippen LogP contribution in [0.25, 0.3) is 0 Å². The topological polar surface area (TPSA) is 69.2 Å². The molecule has 2 aromatic carbocycles. The van der Waals surface area contributed by atoms with E-state index >= 15 is 0 Å². The number of hydrogen-bond donors (Lipinski definition) is 1. The van der Waals surface area contributed by atoms with Gasteiger partial charge >= 0.3 is 0 Å². The van der Waals surface area contributed by atoms with Gasteiger partial charge in [0, 0.05) is 19.4 Å². The highest BCUT2D eigenvalue weighted by Crippen LogP contribution is 2.28. The fourth-order valence-electron chi connectivity index (χ4n) is 2.93. The van der Waals surface area contributed by atoms with Gasteiger partial charge in [0.2, 0.25) is 0 Å². The number of nitrogens with zero attached hydrogens (tertiary/aromatic N) is 1. The SMILES string of the molecule is COc1ccc(C)cc1N=Cc1ccc(OCC(=O)NC[C@@H]2CCCO2)cc1. The molecule has 3 rings (SSSR count). The summed E-state index contributed by atoms with van der Waals surface area (Å²) in [5.41, 5.74) is 2.83. The predicted octanol–water partition coefficient (Wildman–Crippen LogP) is 3.43. The zero-order valence-electron chi connectivity index (χ0n) is 16.3. The zero-order valence-corrected chi connectivity index (χ0v) is 16.3. The van der Waals surface area contributed by atoms with Gasteiger partial charge in [0.05, 0.1) is 13.2 Å². The molecule has 2 aromatic rings. The minimum Gasteiger partial charge on any atom is -0.494 e. The molecule has 1 heterocycles. The molecule has 6 heteroatoms. The van der Waals surface area contributed by atoms with Gasteiger partial charge in [-0.3, -0.25) is 9.79 Å². The second-order valence-electron chi connectivity index (χ2n) is 6.73. The molecule has 1 atom stereocenters. The standard InChI is InChI=1S/C22H26N2O4/c1-16-5-10-21(26-2)20(12-16)23-13-17-6-8-18(9-7-17)28-15-22(25)24-14-19-4-3-11-27-19/h5-10,12-13,19H,3-4,11,14-15H2,1-2H3,(H,24,25)/t19-/m0/s1. The Bertz CT molecular complexity index is 812. The van der Waals surface area contributed by atoms with Crippen molar-refractivity contribution in [3.05, 3.63) is 53.6 Å². The van der Waals surface area contributed by atoms with E-state index in [1.165, 1.54) is 0 Å². The Labute approximate surface area is 165 Å². The van der Waals surface area contributed by atoms with E-state index in [-0.39, 0.29) is 18.6 Å². The van der Waals surface area contributed by atoms with Crippen LogP contribution in [0.3, 0.4) is 0 Å². The highest BCUT2D eigenvalue weighted by molar-refractivity contribution is 5.83. The van der Waals surface area contributed by atoms with Crippen LogP contribution in [0, 0.1) is 6.92 Å². The summed E-state index contributed by atoms with van der Waals surface area (Å²) in [6.45, 7) is 3.32. The molecule has 0 unspecified atom stereocenters. The van der Waals surface area contributed by atoms with Gasteiger partial charge in [-0.25, -0.2) is 0 Å². The molecule has 6 nitrogen and oxygen atoms in total. The molecule has 28 heavy (non-hydrogen) atoms. The molecular formula is C22H26N2O4. The summed E-state index contributed by atoms with van der Waals surface area (Å²) in [6, 6.07) is 13.3. The number of carbonyl (C=O) groups is 1. The summed E-state index contributed by atoms with van der Waals surface area (Å²) < 4.78 is 16.4. The normalized spacial score (nSPS) is 16.3. The van der Waals surface area contributed by atoms with Gasteiger partial charge in [-0.15, -0.1) is 0 Å². The van der Waals surface area contributed by atoms with E-state index < -0.39 is 0 Å². The molecule has 1 aliphatic rings. The number of hydrogen-bond acceptors (Lipinski definition) is 5. The van der Waals surface area contributed by atoms with E-state index in [4.69, 9.17) is 14.2 Å². The van der Waals surface area contributed by atoms with Crippen LogP contribution in [0.15, 0.2) is 47.5 Å². The van der Waals surface area contributed by atoms with E-state index in [0.29, 0.717) is 12.3 Å². The molecule has 1 saturated heterocycles. The van der Waals surface area contributed by atoms with Crippen molar-refractivity contribution in [2.75, 3.05) is 26.9 Å². The van der Waals surface area contributed by atoms with Crippen molar-refractivity contribution < 1.29 is 19.0 Å². The summed E-state index contributed by atoms with van der Waals surface area (Å²) in [5, 5.41) is 2.84. The van der Waals surface area contributed by atoms with Crippen molar-refractivity contribution in [2.45, 2.75) is 25.9 Å². The number of amides is 1. The summed E-state index contributed by atoms with van der Waals surface area (Å²) in [6.07, 6.45) is 3.96. The molecule has 0 aromatic heterocycles. The number of methoxy groups -OCH3 is 1. The maximum absolute atomic E-state index is 11.9. The van der Waals surface area contributed by atoms with Crippen LogP contribution < -0.4 is 14.8 Å². The van der Waals surface area contributed by atoms with Crippen LogP contribution in [0.1, 0.15) is 24.0 Å². The van der Waals surface area contributed by atoms with Crippen LogP contribution in [-0.4, -0.2) is 45.1 Å². The lowest BCUT2D eigenvalue weighted by atomic mass is 10.2. The molecule has 0 bridgehead atoms. The Kier molecular flexibility index (Phi) is 7.03. The van der Waals surface area contributed by atoms with E-state index in [1.54, 1.807) is 13.3 Å². The summed E-state index contributed by atoms with van der Waals surface area (Å²) in [4.78, 5) is 16.4. The molecule has 0 aliphatic carbocycles. The van der Waals surface area contributed by atoms with E-state index in [9.17, 15) is 4.79 Å². The fourth-order valence-corrected chi connectivity index (χ4v) is 2.93. The molecule has 1 aliphatic heterocycles. The maximum atomic E-state index is 11.9.